The molecule has 0 bridgehead atoms. The molecule has 4 heterocycles. The van der Waals surface area contributed by atoms with Crippen molar-refractivity contribution in [1.82, 2.24) is 28.4 Å². The Hall–Kier alpha value is -5.04. The maximum atomic E-state index is 13.2. The summed E-state index contributed by atoms with van der Waals surface area (Å²) in [6.07, 6.45) is 15.3. The molecule has 2 saturated heterocycles. The molecule has 0 spiro atoms. The molecule has 70 heavy (non-hydrogen) atoms. The van der Waals surface area contributed by atoms with E-state index in [1.807, 2.05) is 0 Å². The number of thiazole rings is 2. The average Bonchev–Trinajstić information content (AvgIpc) is 4.06. The molecule has 6 amide bonds. The number of anilines is 3. The number of nitrogens with two attached hydrogens (primary N) is 1. The third-order valence-corrected chi connectivity index (χ3v) is 18.3. The molecule has 2 aromatic carbocycles. The molecule has 4 aliphatic rings. The van der Waals surface area contributed by atoms with Gasteiger partial charge in [-0.1, -0.05) is 87.9 Å². The van der Waals surface area contributed by atoms with Gasteiger partial charge in [0, 0.05) is 60.0 Å². The first-order chi connectivity index (χ1) is 33.5. The maximum absolute atomic E-state index is 13.2. The summed E-state index contributed by atoms with van der Waals surface area (Å²) in [5, 5.41) is 13.0. The van der Waals surface area contributed by atoms with E-state index in [0.29, 0.717) is 51.2 Å². The highest BCUT2D eigenvalue weighted by molar-refractivity contribution is 7.89. The molecule has 2 aromatic heterocycles. The molecule has 0 radical (unpaired) electrons. The van der Waals surface area contributed by atoms with Crippen molar-refractivity contribution in [2.24, 2.45) is 17.6 Å². The first-order valence-electron chi connectivity index (χ1n) is 23.4. The van der Waals surface area contributed by atoms with Gasteiger partial charge in [0.2, 0.25) is 43.7 Å². The third kappa shape index (κ3) is 14.3. The fraction of sp³-hybridized carbons (Fsp3) is 0.500. The number of aromatic nitrogens is 2. The van der Waals surface area contributed by atoms with Crippen LogP contribution in [0.2, 0.25) is 5.02 Å². The van der Waals surface area contributed by atoms with Crippen molar-refractivity contribution in [1.29, 1.82) is 0 Å². The minimum absolute atomic E-state index is 0.000890. The zero-order valence-electron chi connectivity index (χ0n) is 38.6. The Labute approximate surface area is 421 Å². The summed E-state index contributed by atoms with van der Waals surface area (Å²) >= 11 is 8.61. The Balaban J connectivity index is 0.000000207. The summed E-state index contributed by atoms with van der Waals surface area (Å²) in [5.74, 6) is -0.826. The van der Waals surface area contributed by atoms with Crippen molar-refractivity contribution in [2.45, 2.75) is 99.8 Å². The first kappa shape index (κ1) is 52.8. The zero-order valence-corrected chi connectivity index (χ0v) is 42.6. The van der Waals surface area contributed by atoms with E-state index in [4.69, 9.17) is 17.3 Å². The number of hydrogen-bond donors (Lipinski definition) is 4. The van der Waals surface area contributed by atoms with Gasteiger partial charge in [0.05, 0.1) is 23.7 Å². The van der Waals surface area contributed by atoms with Crippen LogP contribution >= 0.6 is 34.3 Å². The smallest absolute Gasteiger partial charge is 0.316 e. The van der Waals surface area contributed by atoms with Gasteiger partial charge in [-0.2, -0.15) is 8.61 Å². The Morgan fingerprint density at radius 1 is 0.686 bits per heavy atom. The molecule has 0 unspecified atom stereocenters. The van der Waals surface area contributed by atoms with Gasteiger partial charge in [-0.3, -0.25) is 19.2 Å². The number of urea groups is 1. The summed E-state index contributed by atoms with van der Waals surface area (Å²) in [6, 6.07) is 10.2. The Morgan fingerprint density at radius 2 is 1.19 bits per heavy atom. The Kier molecular flexibility index (Phi) is 18.4. The number of amides is 6. The van der Waals surface area contributed by atoms with Crippen LogP contribution in [0.25, 0.3) is 0 Å². The maximum Gasteiger partial charge on any atom is 0.316 e. The lowest BCUT2D eigenvalue weighted by molar-refractivity contribution is -0.142. The molecule has 2 saturated carbocycles. The summed E-state index contributed by atoms with van der Waals surface area (Å²) in [6.45, 7) is -0.107. The van der Waals surface area contributed by atoms with E-state index in [1.54, 1.807) is 52.3 Å². The predicted octanol–water partition coefficient (Wildman–Crippen LogP) is 6.19. The number of sulfonamides is 2. The van der Waals surface area contributed by atoms with E-state index in [9.17, 15) is 40.8 Å². The number of piperazine rings is 2. The minimum atomic E-state index is -3.94. The van der Waals surface area contributed by atoms with E-state index < -0.39 is 44.1 Å². The third-order valence-electron chi connectivity index (χ3n) is 13.1. The summed E-state index contributed by atoms with van der Waals surface area (Å²) in [7, 11) is -7.65. The van der Waals surface area contributed by atoms with Crippen LogP contribution in [0.15, 0.2) is 76.6 Å². The molecule has 2 aliphatic heterocycles. The van der Waals surface area contributed by atoms with Crippen LogP contribution in [0, 0.1) is 11.8 Å². The van der Waals surface area contributed by atoms with E-state index in [2.05, 4.69) is 25.9 Å². The molecule has 4 fully saturated rings. The molecular formula is C46H59ClN10O9S4. The number of rotatable bonds is 16. The standard InChI is InChI=1S/C23H29ClN4O4S2.C23H30N6O5S2/c24-19-8-4-7-18(13-19)16-34(31,32)27-10-11-28(21(29)15-27)20(14-17-5-2-1-3-6-17)22(30)26-23-25-9-12-33-23;24-22(32)26-17-6-8-18(9-7-17)36(33,34)28-11-12-29(20(30)15-28)19(14-16-4-2-1-3-5-16)21(31)27-23-25-10-13-35-23/h4,7-9,12-13,17,20H,1-3,5-6,10-11,14-16H2,(H,25,26,30);6-10,13,16,19H,1-5,11-12,14-15H2,(H3,24,26,32)(H,25,27,31)/t20-;19-/m00/s1. The van der Waals surface area contributed by atoms with Crippen LogP contribution in [0.4, 0.5) is 20.7 Å². The number of carbonyl (C=O) groups is 5. The second-order valence-electron chi connectivity index (χ2n) is 17.9. The van der Waals surface area contributed by atoms with E-state index >= 15 is 0 Å². The fourth-order valence-corrected chi connectivity index (χ4v) is 13.6. The van der Waals surface area contributed by atoms with Gasteiger partial charge in [0.25, 0.3) is 0 Å². The number of nitrogens with zero attached hydrogens (tertiary/aromatic N) is 6. The number of hydrogen-bond acceptors (Lipinski definition) is 13. The lowest BCUT2D eigenvalue weighted by atomic mass is 9.84. The summed E-state index contributed by atoms with van der Waals surface area (Å²) in [5.41, 5.74) is 6.02. The van der Waals surface area contributed by atoms with Crippen LogP contribution in [0.1, 0.15) is 82.6 Å². The lowest BCUT2D eigenvalue weighted by Crippen LogP contribution is -2.58. The second kappa shape index (κ2) is 24.4. The fourth-order valence-electron chi connectivity index (χ4n) is 9.54. The van der Waals surface area contributed by atoms with Crippen molar-refractivity contribution in [2.75, 3.05) is 55.2 Å². The van der Waals surface area contributed by atoms with E-state index in [0.717, 1.165) is 55.7 Å². The normalized spacial score (nSPS) is 18.9. The van der Waals surface area contributed by atoms with Crippen LogP contribution < -0.4 is 21.7 Å². The van der Waals surface area contributed by atoms with E-state index in [1.165, 1.54) is 69.0 Å². The highest BCUT2D eigenvalue weighted by atomic mass is 35.5. The predicted molar refractivity (Wildman–Crippen MR) is 269 cm³/mol. The van der Waals surface area contributed by atoms with Crippen molar-refractivity contribution in [3.8, 4) is 0 Å². The van der Waals surface area contributed by atoms with Gasteiger partial charge in [0.15, 0.2) is 10.3 Å². The number of nitrogens with one attached hydrogen (secondary N) is 3. The summed E-state index contributed by atoms with van der Waals surface area (Å²) in [4.78, 5) is 75.1. The zero-order chi connectivity index (χ0) is 49.8. The number of primary amides is 1. The number of carbonyl (C=O) groups excluding carboxylic acids is 5. The van der Waals surface area contributed by atoms with Crippen LogP contribution in [-0.4, -0.2) is 126 Å². The van der Waals surface area contributed by atoms with Gasteiger partial charge >= 0.3 is 6.03 Å². The van der Waals surface area contributed by atoms with E-state index in [-0.39, 0.29) is 67.6 Å². The summed E-state index contributed by atoms with van der Waals surface area (Å²) < 4.78 is 54.6. The highest BCUT2D eigenvalue weighted by Gasteiger charge is 2.41. The van der Waals surface area contributed by atoms with Gasteiger partial charge in [-0.25, -0.2) is 31.6 Å². The average molecular weight is 1060 g/mol. The lowest BCUT2D eigenvalue weighted by Gasteiger charge is -2.39. The number of halogens is 1. The molecule has 19 nitrogen and oxygen atoms in total. The first-order valence-corrected chi connectivity index (χ1v) is 28.6. The molecule has 5 N–H and O–H groups in total. The molecule has 2 atom stereocenters. The van der Waals surface area contributed by atoms with Crippen molar-refractivity contribution >= 4 is 99.9 Å². The quantitative estimate of drug-likeness (QED) is 0.0984. The second-order valence-corrected chi connectivity index (χ2v) is 24.0. The largest absolute Gasteiger partial charge is 0.351 e. The Morgan fingerprint density at radius 3 is 1.64 bits per heavy atom. The van der Waals surface area contributed by atoms with Crippen LogP contribution in [0.3, 0.4) is 0 Å². The van der Waals surface area contributed by atoms with Crippen LogP contribution in [0.5, 0.6) is 0 Å². The van der Waals surface area contributed by atoms with Gasteiger partial charge in [-0.05, 0) is 66.6 Å². The van der Waals surface area contributed by atoms with Gasteiger partial charge in [-0.15, -0.1) is 22.7 Å². The number of benzene rings is 2. The molecular weight excluding hydrogens is 1000 g/mol. The molecule has 2 aliphatic carbocycles. The molecule has 8 rings (SSSR count). The van der Waals surface area contributed by atoms with Gasteiger partial charge in [0.1, 0.15) is 12.1 Å². The monoisotopic (exact) mass is 1060 g/mol. The van der Waals surface area contributed by atoms with Crippen molar-refractivity contribution in [3.63, 3.8) is 0 Å². The molecule has 378 valence electrons. The van der Waals surface area contributed by atoms with Crippen molar-refractivity contribution in [3.05, 3.63) is 82.3 Å². The molecule has 4 aromatic rings. The molecule has 24 heteroatoms. The van der Waals surface area contributed by atoms with Crippen molar-refractivity contribution < 1.29 is 40.8 Å². The SMILES string of the molecule is NC(=O)Nc1ccc(S(=O)(=O)N2CCN([C@@H](CC3CCCCC3)C(=O)Nc3nccs3)C(=O)C2)cc1.O=C(Nc1nccs1)[C@H](CC1CCCCC1)N1CCN(S(=O)(=O)Cc2cccc(Cl)c2)CC1=O. The Bertz CT molecular complexity index is 2650. The highest BCUT2D eigenvalue weighted by Crippen LogP contribution is 2.32. The minimum Gasteiger partial charge on any atom is -0.351 e. The topological polar surface area (TPSA) is 254 Å². The van der Waals surface area contributed by atoms with Crippen LogP contribution in [-0.2, 0) is 45.0 Å². The van der Waals surface area contributed by atoms with Gasteiger partial charge < -0.3 is 31.5 Å².